The lowest BCUT2D eigenvalue weighted by Gasteiger charge is -2.13. The first-order valence-corrected chi connectivity index (χ1v) is 4.11. The maximum Gasteiger partial charge on any atom is 0.156 e. The molecule has 0 saturated carbocycles. The summed E-state index contributed by atoms with van der Waals surface area (Å²) >= 11 is 0. The van der Waals surface area contributed by atoms with Crippen molar-refractivity contribution >= 4 is 0 Å². The lowest BCUT2D eigenvalue weighted by atomic mass is 10.1. The first-order chi connectivity index (χ1) is 5.20. The van der Waals surface area contributed by atoms with Gasteiger partial charge in [0.05, 0.1) is 6.61 Å². The maximum absolute atomic E-state index is 9.01. The van der Waals surface area contributed by atoms with Crippen LogP contribution in [0.15, 0.2) is 0 Å². The third-order valence-electron chi connectivity index (χ3n) is 1.65. The molecule has 0 heterocycles. The average Bonchev–Trinajstić information content (AvgIpc) is 2.01. The Kier molecular flexibility index (Phi) is 6.51. The van der Waals surface area contributed by atoms with Crippen LogP contribution >= 0.6 is 0 Å². The van der Waals surface area contributed by atoms with Gasteiger partial charge in [-0.15, -0.1) is 0 Å². The standard InChI is InChI=1S/C8H18O3/c1-3-7(2)6-11-8(10)4-5-9/h7-10H,3-6H2,1-2H3. The van der Waals surface area contributed by atoms with Crippen molar-refractivity contribution in [3.8, 4) is 0 Å². The van der Waals surface area contributed by atoms with Crippen molar-refractivity contribution in [2.45, 2.75) is 33.0 Å². The van der Waals surface area contributed by atoms with Gasteiger partial charge in [0.15, 0.2) is 6.29 Å². The molecule has 0 aromatic rings. The lowest BCUT2D eigenvalue weighted by Crippen LogP contribution is -2.17. The summed E-state index contributed by atoms with van der Waals surface area (Å²) in [5, 5.41) is 17.4. The molecule has 3 heteroatoms. The van der Waals surface area contributed by atoms with Gasteiger partial charge in [-0.1, -0.05) is 20.3 Å². The van der Waals surface area contributed by atoms with Gasteiger partial charge in [-0.05, 0) is 5.92 Å². The molecule has 0 aliphatic carbocycles. The number of rotatable bonds is 6. The molecule has 0 bridgehead atoms. The highest BCUT2D eigenvalue weighted by Gasteiger charge is 2.05. The summed E-state index contributed by atoms with van der Waals surface area (Å²) in [6.45, 7) is 4.68. The zero-order valence-electron chi connectivity index (χ0n) is 7.29. The molecular formula is C8H18O3. The first-order valence-electron chi connectivity index (χ1n) is 4.11. The van der Waals surface area contributed by atoms with E-state index in [0.717, 1.165) is 6.42 Å². The molecule has 2 unspecified atom stereocenters. The van der Waals surface area contributed by atoms with Crippen molar-refractivity contribution in [3.05, 3.63) is 0 Å². The minimum absolute atomic E-state index is 0.0261. The molecule has 0 aliphatic rings. The third kappa shape index (κ3) is 6.28. The largest absolute Gasteiger partial charge is 0.396 e. The van der Waals surface area contributed by atoms with Crippen LogP contribution in [0.3, 0.4) is 0 Å². The van der Waals surface area contributed by atoms with Crippen molar-refractivity contribution in [2.75, 3.05) is 13.2 Å². The Labute approximate surface area is 68.0 Å². The van der Waals surface area contributed by atoms with Gasteiger partial charge in [0.2, 0.25) is 0 Å². The lowest BCUT2D eigenvalue weighted by molar-refractivity contribution is -0.117. The van der Waals surface area contributed by atoms with Crippen molar-refractivity contribution in [1.29, 1.82) is 0 Å². The second-order valence-electron chi connectivity index (χ2n) is 2.81. The number of hydrogen-bond acceptors (Lipinski definition) is 3. The fraction of sp³-hybridized carbons (Fsp3) is 1.00. The second-order valence-corrected chi connectivity index (χ2v) is 2.81. The molecule has 0 aliphatic heterocycles. The quantitative estimate of drug-likeness (QED) is 0.567. The molecule has 0 aromatic heterocycles. The average molecular weight is 162 g/mol. The Morgan fingerprint density at radius 2 is 2.09 bits per heavy atom. The molecule has 0 aromatic carbocycles. The molecule has 0 saturated heterocycles. The van der Waals surface area contributed by atoms with Crippen LogP contribution in [-0.2, 0) is 4.74 Å². The summed E-state index contributed by atoms with van der Waals surface area (Å²) in [4.78, 5) is 0. The number of hydrogen-bond donors (Lipinski definition) is 2. The monoisotopic (exact) mass is 162 g/mol. The summed E-state index contributed by atoms with van der Waals surface area (Å²) < 4.78 is 5.03. The highest BCUT2D eigenvalue weighted by atomic mass is 16.6. The van der Waals surface area contributed by atoms with Crippen LogP contribution in [0.1, 0.15) is 26.7 Å². The van der Waals surface area contributed by atoms with Crippen LogP contribution in [-0.4, -0.2) is 29.7 Å². The number of aliphatic hydroxyl groups excluding tert-OH is 2. The Bertz CT molecular complexity index is 85.4. The molecule has 11 heavy (non-hydrogen) atoms. The zero-order chi connectivity index (χ0) is 8.69. The minimum atomic E-state index is -0.797. The first kappa shape index (κ1) is 10.9. The summed E-state index contributed by atoms with van der Waals surface area (Å²) in [5.41, 5.74) is 0. The van der Waals surface area contributed by atoms with Crippen molar-refractivity contribution in [3.63, 3.8) is 0 Å². The van der Waals surface area contributed by atoms with Crippen LogP contribution < -0.4 is 0 Å². The van der Waals surface area contributed by atoms with Gasteiger partial charge in [0, 0.05) is 13.0 Å². The van der Waals surface area contributed by atoms with Crippen LogP contribution in [0.2, 0.25) is 0 Å². The third-order valence-corrected chi connectivity index (χ3v) is 1.65. The predicted molar refractivity (Wildman–Crippen MR) is 43.1 cm³/mol. The Hall–Kier alpha value is -0.120. The topological polar surface area (TPSA) is 49.7 Å². The fourth-order valence-electron chi connectivity index (χ4n) is 0.587. The minimum Gasteiger partial charge on any atom is -0.396 e. The van der Waals surface area contributed by atoms with E-state index in [-0.39, 0.29) is 6.61 Å². The second kappa shape index (κ2) is 6.58. The van der Waals surface area contributed by atoms with Gasteiger partial charge in [-0.3, -0.25) is 0 Å². The van der Waals surface area contributed by atoms with Crippen molar-refractivity contribution < 1.29 is 14.9 Å². The normalized spacial score (nSPS) is 16.4. The van der Waals surface area contributed by atoms with Crippen LogP contribution in [0.4, 0.5) is 0 Å². The molecular weight excluding hydrogens is 144 g/mol. The number of ether oxygens (including phenoxy) is 1. The van der Waals surface area contributed by atoms with Gasteiger partial charge in [-0.25, -0.2) is 0 Å². The Morgan fingerprint density at radius 1 is 1.45 bits per heavy atom. The van der Waals surface area contributed by atoms with Gasteiger partial charge in [0.25, 0.3) is 0 Å². The van der Waals surface area contributed by atoms with Crippen molar-refractivity contribution in [2.24, 2.45) is 5.92 Å². The molecule has 2 N–H and O–H groups in total. The van der Waals surface area contributed by atoms with E-state index in [1.54, 1.807) is 0 Å². The van der Waals surface area contributed by atoms with E-state index in [1.165, 1.54) is 0 Å². The maximum atomic E-state index is 9.01. The predicted octanol–water partition coefficient (Wildman–Crippen LogP) is 0.750. The van der Waals surface area contributed by atoms with E-state index in [4.69, 9.17) is 14.9 Å². The molecule has 0 fully saturated rings. The summed E-state index contributed by atoms with van der Waals surface area (Å²) in [6, 6.07) is 0. The van der Waals surface area contributed by atoms with Gasteiger partial charge in [0.1, 0.15) is 0 Å². The van der Waals surface area contributed by atoms with E-state index in [0.29, 0.717) is 18.9 Å². The molecule has 3 nitrogen and oxygen atoms in total. The zero-order valence-corrected chi connectivity index (χ0v) is 7.29. The molecule has 2 atom stereocenters. The van der Waals surface area contributed by atoms with E-state index < -0.39 is 6.29 Å². The van der Waals surface area contributed by atoms with E-state index in [2.05, 4.69) is 13.8 Å². The van der Waals surface area contributed by atoms with Crippen LogP contribution in [0.5, 0.6) is 0 Å². The van der Waals surface area contributed by atoms with Crippen molar-refractivity contribution in [1.82, 2.24) is 0 Å². The summed E-state index contributed by atoms with van der Waals surface area (Å²) in [7, 11) is 0. The van der Waals surface area contributed by atoms with E-state index >= 15 is 0 Å². The number of aliphatic hydroxyl groups is 2. The van der Waals surface area contributed by atoms with E-state index in [1.807, 2.05) is 0 Å². The molecule has 0 spiro atoms. The van der Waals surface area contributed by atoms with Crippen LogP contribution in [0.25, 0.3) is 0 Å². The molecule has 0 radical (unpaired) electrons. The fourth-order valence-corrected chi connectivity index (χ4v) is 0.587. The summed E-state index contributed by atoms with van der Waals surface area (Å²) in [5.74, 6) is 0.475. The molecule has 0 amide bonds. The molecule has 0 rings (SSSR count). The van der Waals surface area contributed by atoms with E-state index in [9.17, 15) is 0 Å². The smallest absolute Gasteiger partial charge is 0.156 e. The van der Waals surface area contributed by atoms with Gasteiger partial charge in [-0.2, -0.15) is 0 Å². The van der Waals surface area contributed by atoms with Crippen LogP contribution in [0, 0.1) is 5.92 Å². The van der Waals surface area contributed by atoms with Gasteiger partial charge < -0.3 is 14.9 Å². The summed E-state index contributed by atoms with van der Waals surface area (Å²) in [6.07, 6.45) is 0.552. The Morgan fingerprint density at radius 3 is 2.55 bits per heavy atom. The SMILES string of the molecule is CCC(C)COC(O)CCO. The highest BCUT2D eigenvalue weighted by molar-refractivity contribution is 4.47. The Balaban J connectivity index is 3.22. The molecule has 68 valence electrons. The van der Waals surface area contributed by atoms with Gasteiger partial charge >= 0.3 is 0 Å². The highest BCUT2D eigenvalue weighted by Crippen LogP contribution is 2.03.